The third-order valence-corrected chi connectivity index (χ3v) is 3.32. The molecule has 20 heavy (non-hydrogen) atoms. The van der Waals surface area contributed by atoms with Crippen LogP contribution in [0.25, 0.3) is 0 Å². The van der Waals surface area contributed by atoms with E-state index in [4.69, 9.17) is 5.73 Å². The molecule has 1 aromatic heterocycles. The summed E-state index contributed by atoms with van der Waals surface area (Å²) in [5, 5.41) is 2.89. The normalized spacial score (nSPS) is 12.1. The van der Waals surface area contributed by atoms with Gasteiger partial charge in [-0.15, -0.1) is 0 Å². The molecule has 1 amide bonds. The van der Waals surface area contributed by atoms with Gasteiger partial charge < -0.3 is 15.6 Å². The number of nitrogens with zero attached hydrogens (tertiary/aromatic N) is 2. The first-order chi connectivity index (χ1) is 9.70. The van der Waals surface area contributed by atoms with E-state index in [1.165, 1.54) is 0 Å². The van der Waals surface area contributed by atoms with Gasteiger partial charge >= 0.3 is 0 Å². The molecule has 5 nitrogen and oxygen atoms in total. The van der Waals surface area contributed by atoms with Gasteiger partial charge in [-0.25, -0.2) is 4.98 Å². The first-order valence-electron chi connectivity index (χ1n) is 6.68. The zero-order valence-corrected chi connectivity index (χ0v) is 11.6. The van der Waals surface area contributed by atoms with Crippen molar-refractivity contribution < 1.29 is 4.79 Å². The van der Waals surface area contributed by atoms with E-state index in [-0.39, 0.29) is 11.8 Å². The molecule has 1 aromatic carbocycles. The van der Waals surface area contributed by atoms with Crippen LogP contribution in [0.4, 0.5) is 0 Å². The summed E-state index contributed by atoms with van der Waals surface area (Å²) in [7, 11) is 1.90. The maximum Gasteiger partial charge on any atom is 0.225 e. The highest BCUT2D eigenvalue weighted by Crippen LogP contribution is 2.08. The predicted octanol–water partition coefficient (Wildman–Crippen LogP) is 0.854. The van der Waals surface area contributed by atoms with E-state index in [0.29, 0.717) is 19.5 Å². The summed E-state index contributed by atoms with van der Waals surface area (Å²) in [6.07, 6.45) is 4.22. The summed E-state index contributed by atoms with van der Waals surface area (Å²) in [5.74, 6) is 0.589. The average molecular weight is 272 g/mol. The standard InChI is InChI=1S/C15H20N4O/c1-19-8-7-17-14(19)11-18-15(20)13(10-16)9-12-5-3-2-4-6-12/h2-8,13H,9-11,16H2,1H3,(H,18,20). The Labute approximate surface area is 118 Å². The van der Waals surface area contributed by atoms with Crippen LogP contribution in [0.15, 0.2) is 42.7 Å². The first-order valence-corrected chi connectivity index (χ1v) is 6.68. The van der Waals surface area contributed by atoms with Gasteiger partial charge in [0.2, 0.25) is 5.91 Å². The molecule has 0 aliphatic rings. The lowest BCUT2D eigenvalue weighted by Crippen LogP contribution is -2.36. The minimum Gasteiger partial charge on any atom is -0.349 e. The molecule has 0 aliphatic carbocycles. The molecule has 2 rings (SSSR count). The second-order valence-electron chi connectivity index (χ2n) is 4.79. The Morgan fingerprint density at radius 2 is 2.15 bits per heavy atom. The number of hydrogen-bond donors (Lipinski definition) is 2. The van der Waals surface area contributed by atoms with Crippen LogP contribution >= 0.6 is 0 Å². The van der Waals surface area contributed by atoms with Gasteiger partial charge in [0, 0.05) is 26.0 Å². The smallest absolute Gasteiger partial charge is 0.225 e. The number of amides is 1. The Hall–Kier alpha value is -2.14. The lowest BCUT2D eigenvalue weighted by atomic mass is 9.98. The highest BCUT2D eigenvalue weighted by molar-refractivity contribution is 5.79. The SMILES string of the molecule is Cn1ccnc1CNC(=O)C(CN)Cc1ccccc1. The van der Waals surface area contributed by atoms with Crippen molar-refractivity contribution in [2.24, 2.45) is 18.7 Å². The largest absolute Gasteiger partial charge is 0.349 e. The lowest BCUT2D eigenvalue weighted by Gasteiger charge is -2.15. The number of nitrogens with one attached hydrogen (secondary N) is 1. The number of hydrogen-bond acceptors (Lipinski definition) is 3. The Morgan fingerprint density at radius 1 is 1.40 bits per heavy atom. The first kappa shape index (κ1) is 14.3. The van der Waals surface area contributed by atoms with E-state index < -0.39 is 0 Å². The van der Waals surface area contributed by atoms with Crippen molar-refractivity contribution in [2.75, 3.05) is 6.54 Å². The van der Waals surface area contributed by atoms with Crippen molar-refractivity contribution in [3.05, 3.63) is 54.1 Å². The van der Waals surface area contributed by atoms with Crippen molar-refractivity contribution >= 4 is 5.91 Å². The summed E-state index contributed by atoms with van der Waals surface area (Å²) in [5.41, 5.74) is 6.84. The van der Waals surface area contributed by atoms with Crippen LogP contribution in [0.3, 0.4) is 0 Å². The van der Waals surface area contributed by atoms with Crippen molar-refractivity contribution in [1.29, 1.82) is 0 Å². The molecule has 1 heterocycles. The molecule has 106 valence electrons. The lowest BCUT2D eigenvalue weighted by molar-refractivity contribution is -0.124. The number of nitrogens with two attached hydrogens (primary N) is 1. The summed E-state index contributed by atoms with van der Waals surface area (Å²) < 4.78 is 1.88. The van der Waals surface area contributed by atoms with Gasteiger partial charge in [-0.2, -0.15) is 0 Å². The molecule has 0 saturated heterocycles. The van der Waals surface area contributed by atoms with Crippen molar-refractivity contribution in [3.8, 4) is 0 Å². The molecule has 0 radical (unpaired) electrons. The second kappa shape index (κ2) is 6.86. The van der Waals surface area contributed by atoms with Crippen LogP contribution < -0.4 is 11.1 Å². The highest BCUT2D eigenvalue weighted by Gasteiger charge is 2.17. The van der Waals surface area contributed by atoms with Gasteiger partial charge in [-0.1, -0.05) is 30.3 Å². The molecule has 0 saturated carbocycles. The Balaban J connectivity index is 1.91. The minimum absolute atomic E-state index is 0.0284. The molecule has 5 heteroatoms. The fourth-order valence-corrected chi connectivity index (χ4v) is 2.06. The number of carbonyl (C=O) groups excluding carboxylic acids is 1. The van der Waals surface area contributed by atoms with E-state index in [9.17, 15) is 4.79 Å². The van der Waals surface area contributed by atoms with Crippen LogP contribution in [-0.4, -0.2) is 22.0 Å². The van der Waals surface area contributed by atoms with Crippen LogP contribution in [0.5, 0.6) is 0 Å². The van der Waals surface area contributed by atoms with E-state index in [0.717, 1.165) is 11.4 Å². The Bertz CT molecular complexity index is 550. The third-order valence-electron chi connectivity index (χ3n) is 3.32. The minimum atomic E-state index is -0.210. The fourth-order valence-electron chi connectivity index (χ4n) is 2.06. The number of carbonyl (C=O) groups is 1. The van der Waals surface area contributed by atoms with Crippen molar-refractivity contribution in [3.63, 3.8) is 0 Å². The van der Waals surface area contributed by atoms with Gasteiger partial charge in [0.1, 0.15) is 5.82 Å². The van der Waals surface area contributed by atoms with Crippen molar-refractivity contribution in [1.82, 2.24) is 14.9 Å². The van der Waals surface area contributed by atoms with Gasteiger partial charge in [0.05, 0.1) is 12.5 Å². The Morgan fingerprint density at radius 3 is 2.75 bits per heavy atom. The maximum absolute atomic E-state index is 12.2. The maximum atomic E-state index is 12.2. The van der Waals surface area contributed by atoms with Gasteiger partial charge in [-0.3, -0.25) is 4.79 Å². The molecule has 0 bridgehead atoms. The molecule has 0 fully saturated rings. The van der Waals surface area contributed by atoms with Crippen molar-refractivity contribution in [2.45, 2.75) is 13.0 Å². The van der Waals surface area contributed by atoms with E-state index in [1.807, 2.05) is 48.1 Å². The van der Waals surface area contributed by atoms with Gasteiger partial charge in [-0.05, 0) is 12.0 Å². The summed E-state index contributed by atoms with van der Waals surface area (Å²) in [6, 6.07) is 9.91. The molecule has 1 atom stereocenters. The zero-order valence-electron chi connectivity index (χ0n) is 11.6. The molecular weight excluding hydrogens is 252 g/mol. The highest BCUT2D eigenvalue weighted by atomic mass is 16.1. The molecule has 3 N–H and O–H groups in total. The zero-order chi connectivity index (χ0) is 14.4. The van der Waals surface area contributed by atoms with Crippen LogP contribution in [0, 0.1) is 5.92 Å². The average Bonchev–Trinajstić information content (AvgIpc) is 2.88. The quantitative estimate of drug-likeness (QED) is 0.819. The monoisotopic (exact) mass is 272 g/mol. The number of rotatable bonds is 6. The molecule has 1 unspecified atom stereocenters. The number of aromatic nitrogens is 2. The molecule has 2 aromatic rings. The second-order valence-corrected chi connectivity index (χ2v) is 4.79. The molecule has 0 spiro atoms. The van der Waals surface area contributed by atoms with E-state index in [2.05, 4.69) is 10.3 Å². The van der Waals surface area contributed by atoms with E-state index in [1.54, 1.807) is 6.20 Å². The van der Waals surface area contributed by atoms with Crippen LogP contribution in [0.1, 0.15) is 11.4 Å². The molecule has 0 aliphatic heterocycles. The summed E-state index contributed by atoms with van der Waals surface area (Å²) in [4.78, 5) is 16.3. The number of imidazole rings is 1. The van der Waals surface area contributed by atoms with Gasteiger partial charge in [0.25, 0.3) is 0 Å². The topological polar surface area (TPSA) is 72.9 Å². The van der Waals surface area contributed by atoms with Crippen LogP contribution in [-0.2, 0) is 24.8 Å². The van der Waals surface area contributed by atoms with Crippen LogP contribution in [0.2, 0.25) is 0 Å². The fraction of sp³-hybridized carbons (Fsp3) is 0.333. The number of benzene rings is 1. The summed E-state index contributed by atoms with van der Waals surface area (Å²) >= 11 is 0. The summed E-state index contributed by atoms with van der Waals surface area (Å²) in [6.45, 7) is 0.759. The van der Waals surface area contributed by atoms with Gasteiger partial charge in [0.15, 0.2) is 0 Å². The predicted molar refractivity (Wildman–Crippen MR) is 77.7 cm³/mol. The number of aryl methyl sites for hydroxylation is 1. The molecular formula is C15H20N4O. The Kier molecular flexibility index (Phi) is 4.90. The third kappa shape index (κ3) is 3.68. The van der Waals surface area contributed by atoms with E-state index >= 15 is 0 Å².